The minimum absolute atomic E-state index is 0. The summed E-state index contributed by atoms with van der Waals surface area (Å²) < 4.78 is 0. The molecule has 1 heterocycles. The van der Waals surface area contributed by atoms with Gasteiger partial charge in [-0.05, 0) is 19.1 Å². The van der Waals surface area contributed by atoms with Crippen molar-refractivity contribution in [1.82, 2.24) is 15.5 Å². The van der Waals surface area contributed by atoms with Gasteiger partial charge in [0.15, 0.2) is 0 Å². The summed E-state index contributed by atoms with van der Waals surface area (Å²) in [5, 5.41) is 15.8. The first kappa shape index (κ1) is 16.8. The number of carbonyl (C=O) groups excluding carboxylic acids is 1. The smallest absolute Gasteiger partial charge is 0.255 e. The van der Waals surface area contributed by atoms with Crippen LogP contribution in [0.1, 0.15) is 15.9 Å². The second-order valence-electron chi connectivity index (χ2n) is 4.87. The molecule has 0 spiro atoms. The first-order valence-corrected chi connectivity index (χ1v) is 6.68. The van der Waals surface area contributed by atoms with Crippen LogP contribution in [0.25, 0.3) is 0 Å². The minimum Gasteiger partial charge on any atom is -0.507 e. The zero-order chi connectivity index (χ0) is 13.7. The number of hydrogen-bond donors (Lipinski definition) is 3. The third kappa shape index (κ3) is 4.67. The Balaban J connectivity index is 0.00000200. The van der Waals surface area contributed by atoms with Gasteiger partial charge in [-0.2, -0.15) is 0 Å². The van der Waals surface area contributed by atoms with Gasteiger partial charge >= 0.3 is 0 Å². The Hall–Kier alpha value is -1.30. The molecule has 1 aliphatic rings. The first-order valence-electron chi connectivity index (χ1n) is 6.68. The van der Waals surface area contributed by atoms with E-state index in [9.17, 15) is 9.90 Å². The summed E-state index contributed by atoms with van der Waals surface area (Å²) in [7, 11) is 0. The molecule has 1 aromatic carbocycles. The van der Waals surface area contributed by atoms with Crippen LogP contribution in [0.4, 0.5) is 0 Å². The van der Waals surface area contributed by atoms with Crippen LogP contribution < -0.4 is 10.6 Å². The van der Waals surface area contributed by atoms with E-state index < -0.39 is 0 Å². The highest BCUT2D eigenvalue weighted by Gasteiger charge is 2.12. The predicted molar refractivity (Wildman–Crippen MR) is 81.7 cm³/mol. The minimum atomic E-state index is -0.212. The average Bonchev–Trinajstić information content (AvgIpc) is 2.42. The topological polar surface area (TPSA) is 64.6 Å². The number of nitrogens with zero attached hydrogens (tertiary/aromatic N) is 1. The Bertz CT molecular complexity index is 448. The lowest BCUT2D eigenvalue weighted by atomic mass is 10.1. The number of phenolic OH excluding ortho intramolecular Hbond substituents is 1. The highest BCUT2D eigenvalue weighted by Crippen LogP contribution is 2.17. The van der Waals surface area contributed by atoms with Crippen LogP contribution in [-0.4, -0.2) is 55.2 Å². The van der Waals surface area contributed by atoms with Gasteiger partial charge < -0.3 is 15.7 Å². The summed E-state index contributed by atoms with van der Waals surface area (Å²) in [5.74, 6) is -0.179. The molecule has 5 nitrogen and oxygen atoms in total. The molecule has 1 aliphatic heterocycles. The number of halogens is 1. The van der Waals surface area contributed by atoms with E-state index in [0.29, 0.717) is 12.1 Å². The molecule has 20 heavy (non-hydrogen) atoms. The molecule has 1 aromatic rings. The van der Waals surface area contributed by atoms with Crippen LogP contribution in [0.2, 0.25) is 0 Å². The highest BCUT2D eigenvalue weighted by molar-refractivity contribution is 5.96. The summed E-state index contributed by atoms with van der Waals surface area (Å²) in [6.07, 6.45) is 0. The van der Waals surface area contributed by atoms with Crippen molar-refractivity contribution in [2.45, 2.75) is 6.92 Å². The molecule has 0 radical (unpaired) electrons. The third-order valence-corrected chi connectivity index (χ3v) is 3.32. The molecule has 112 valence electrons. The maximum Gasteiger partial charge on any atom is 0.255 e. The number of carbonyl (C=O) groups is 1. The predicted octanol–water partition coefficient (Wildman–Crippen LogP) is 0.757. The molecule has 0 unspecified atom stereocenters. The average molecular weight is 300 g/mol. The van der Waals surface area contributed by atoms with Gasteiger partial charge in [0.25, 0.3) is 5.91 Å². The molecule has 0 atom stereocenters. The van der Waals surface area contributed by atoms with Crippen molar-refractivity contribution in [2.24, 2.45) is 0 Å². The monoisotopic (exact) mass is 299 g/mol. The number of phenols is 1. The van der Waals surface area contributed by atoms with E-state index in [1.54, 1.807) is 18.2 Å². The second kappa shape index (κ2) is 8.09. The zero-order valence-electron chi connectivity index (χ0n) is 11.7. The maximum atomic E-state index is 12.0. The van der Waals surface area contributed by atoms with E-state index in [1.165, 1.54) is 0 Å². The summed E-state index contributed by atoms with van der Waals surface area (Å²) >= 11 is 0. The van der Waals surface area contributed by atoms with E-state index >= 15 is 0 Å². The summed E-state index contributed by atoms with van der Waals surface area (Å²) in [4.78, 5) is 14.3. The Kier molecular flexibility index (Phi) is 6.78. The SMILES string of the molecule is Cc1ccc(O)c(C(=O)NCCN2CCNCC2)c1.Cl. The Labute approximate surface area is 125 Å². The zero-order valence-corrected chi connectivity index (χ0v) is 12.5. The van der Waals surface area contributed by atoms with Crippen molar-refractivity contribution >= 4 is 18.3 Å². The van der Waals surface area contributed by atoms with Crippen LogP contribution in [0.5, 0.6) is 5.75 Å². The van der Waals surface area contributed by atoms with Gasteiger partial charge in [-0.25, -0.2) is 0 Å². The Morgan fingerprint density at radius 2 is 2.10 bits per heavy atom. The van der Waals surface area contributed by atoms with E-state index in [0.717, 1.165) is 38.3 Å². The molecule has 2 rings (SSSR count). The number of hydrogen-bond acceptors (Lipinski definition) is 4. The van der Waals surface area contributed by atoms with Gasteiger partial charge in [-0.3, -0.25) is 9.69 Å². The molecule has 6 heteroatoms. The number of aryl methyl sites for hydroxylation is 1. The number of amides is 1. The van der Waals surface area contributed by atoms with Crippen LogP contribution in [-0.2, 0) is 0 Å². The molecule has 1 amide bonds. The molecule has 0 aromatic heterocycles. The first-order chi connectivity index (χ1) is 9.16. The van der Waals surface area contributed by atoms with Crippen molar-refractivity contribution in [3.05, 3.63) is 29.3 Å². The molecule has 1 saturated heterocycles. The van der Waals surface area contributed by atoms with Crippen molar-refractivity contribution in [2.75, 3.05) is 39.3 Å². The number of benzene rings is 1. The van der Waals surface area contributed by atoms with Crippen molar-refractivity contribution in [3.8, 4) is 5.75 Å². The van der Waals surface area contributed by atoms with Crippen LogP contribution >= 0.6 is 12.4 Å². The third-order valence-electron chi connectivity index (χ3n) is 3.32. The quantitative estimate of drug-likeness (QED) is 0.768. The van der Waals surface area contributed by atoms with Gasteiger partial charge in [0, 0.05) is 39.3 Å². The highest BCUT2D eigenvalue weighted by atomic mass is 35.5. The molecule has 0 saturated carbocycles. The second-order valence-corrected chi connectivity index (χ2v) is 4.87. The largest absolute Gasteiger partial charge is 0.507 e. The van der Waals surface area contributed by atoms with Gasteiger partial charge in [-0.1, -0.05) is 11.6 Å². The van der Waals surface area contributed by atoms with Crippen LogP contribution in [0, 0.1) is 6.92 Å². The fourth-order valence-corrected chi connectivity index (χ4v) is 2.19. The molecular weight excluding hydrogens is 278 g/mol. The lowest BCUT2D eigenvalue weighted by Crippen LogP contribution is -2.46. The van der Waals surface area contributed by atoms with Crippen LogP contribution in [0.15, 0.2) is 18.2 Å². The maximum absolute atomic E-state index is 12.0. The summed E-state index contributed by atoms with van der Waals surface area (Å²) in [6, 6.07) is 5.04. The van der Waals surface area contributed by atoms with Gasteiger partial charge in [0.2, 0.25) is 0 Å². The standard InChI is InChI=1S/C14H21N3O2.ClH/c1-11-2-3-13(18)12(10-11)14(19)16-6-9-17-7-4-15-5-8-17;/h2-3,10,15,18H,4-9H2,1H3,(H,16,19);1H. The number of rotatable bonds is 4. The van der Waals surface area contributed by atoms with E-state index in [2.05, 4.69) is 15.5 Å². The normalized spacial score (nSPS) is 15.4. The number of aromatic hydroxyl groups is 1. The van der Waals surface area contributed by atoms with E-state index in [1.807, 2.05) is 6.92 Å². The Morgan fingerprint density at radius 1 is 1.40 bits per heavy atom. The molecule has 0 bridgehead atoms. The summed E-state index contributed by atoms with van der Waals surface area (Å²) in [5.41, 5.74) is 1.31. The molecular formula is C14H22ClN3O2. The number of nitrogens with one attached hydrogen (secondary N) is 2. The number of piperazine rings is 1. The van der Waals surface area contributed by atoms with Gasteiger partial charge in [-0.15, -0.1) is 12.4 Å². The van der Waals surface area contributed by atoms with Crippen molar-refractivity contribution in [1.29, 1.82) is 0 Å². The fourth-order valence-electron chi connectivity index (χ4n) is 2.19. The Morgan fingerprint density at radius 3 is 2.80 bits per heavy atom. The van der Waals surface area contributed by atoms with E-state index in [4.69, 9.17) is 0 Å². The summed E-state index contributed by atoms with van der Waals surface area (Å²) in [6.45, 7) is 7.40. The molecule has 3 N–H and O–H groups in total. The molecule has 0 aliphatic carbocycles. The fraction of sp³-hybridized carbons (Fsp3) is 0.500. The van der Waals surface area contributed by atoms with E-state index in [-0.39, 0.29) is 24.1 Å². The van der Waals surface area contributed by atoms with Gasteiger partial charge in [0.1, 0.15) is 5.75 Å². The van der Waals surface area contributed by atoms with Crippen molar-refractivity contribution in [3.63, 3.8) is 0 Å². The molecule has 1 fully saturated rings. The van der Waals surface area contributed by atoms with Crippen LogP contribution in [0.3, 0.4) is 0 Å². The lowest BCUT2D eigenvalue weighted by Gasteiger charge is -2.27. The van der Waals surface area contributed by atoms with Crippen molar-refractivity contribution < 1.29 is 9.90 Å². The lowest BCUT2D eigenvalue weighted by molar-refractivity contribution is 0.0944. The van der Waals surface area contributed by atoms with Gasteiger partial charge in [0.05, 0.1) is 5.56 Å².